The molecule has 0 saturated heterocycles. The van der Waals surface area contributed by atoms with Gasteiger partial charge in [0.25, 0.3) is 0 Å². The van der Waals surface area contributed by atoms with Crippen molar-refractivity contribution < 1.29 is 9.53 Å². The highest BCUT2D eigenvalue weighted by Crippen LogP contribution is 2.39. The molecule has 0 saturated carbocycles. The standard InChI is InChI=1S/C15H21BrN2O2/c1-8(2)5-9(3)20-13-7-12-10(6-11(13)16)14(17-4)15(19)18-12/h6-9,14,17H,5H2,1-4H3,(H,18,19). The molecule has 110 valence electrons. The highest BCUT2D eigenvalue weighted by atomic mass is 79.9. The van der Waals surface area contributed by atoms with Crippen LogP contribution in [0.4, 0.5) is 5.69 Å². The molecule has 1 amide bonds. The van der Waals surface area contributed by atoms with Crippen molar-refractivity contribution in [2.45, 2.75) is 39.3 Å². The average Bonchev–Trinajstić information content (AvgIpc) is 2.63. The molecule has 0 fully saturated rings. The first-order valence-electron chi connectivity index (χ1n) is 6.90. The second-order valence-electron chi connectivity index (χ2n) is 5.64. The highest BCUT2D eigenvalue weighted by Gasteiger charge is 2.30. The Bertz CT molecular complexity index is 517. The lowest BCUT2D eigenvalue weighted by atomic mass is 10.1. The van der Waals surface area contributed by atoms with Crippen LogP contribution in [0.1, 0.15) is 38.8 Å². The molecule has 1 aliphatic rings. The van der Waals surface area contributed by atoms with Gasteiger partial charge >= 0.3 is 0 Å². The van der Waals surface area contributed by atoms with Crippen LogP contribution in [0.2, 0.25) is 0 Å². The van der Waals surface area contributed by atoms with Crippen LogP contribution in [0.5, 0.6) is 5.75 Å². The van der Waals surface area contributed by atoms with Gasteiger partial charge < -0.3 is 15.4 Å². The highest BCUT2D eigenvalue weighted by molar-refractivity contribution is 9.10. The zero-order chi connectivity index (χ0) is 14.9. The summed E-state index contributed by atoms with van der Waals surface area (Å²) in [6, 6.07) is 3.56. The monoisotopic (exact) mass is 340 g/mol. The molecule has 0 aromatic heterocycles. The number of hydrogen-bond acceptors (Lipinski definition) is 3. The number of carbonyl (C=O) groups is 1. The number of likely N-dealkylation sites (N-methyl/N-ethyl adjacent to an activating group) is 1. The maximum atomic E-state index is 11.8. The largest absolute Gasteiger partial charge is 0.489 e. The van der Waals surface area contributed by atoms with Gasteiger partial charge in [0.1, 0.15) is 11.8 Å². The molecule has 1 aliphatic heterocycles. The summed E-state index contributed by atoms with van der Waals surface area (Å²) in [5, 5.41) is 5.89. The van der Waals surface area contributed by atoms with Gasteiger partial charge in [0.15, 0.2) is 0 Å². The molecule has 5 heteroatoms. The first kappa shape index (κ1) is 15.3. The van der Waals surface area contributed by atoms with Gasteiger partial charge in [-0.2, -0.15) is 0 Å². The quantitative estimate of drug-likeness (QED) is 0.862. The van der Waals surface area contributed by atoms with Crippen LogP contribution in [-0.4, -0.2) is 19.1 Å². The van der Waals surface area contributed by atoms with E-state index in [-0.39, 0.29) is 18.1 Å². The summed E-state index contributed by atoms with van der Waals surface area (Å²) in [4.78, 5) is 11.8. The van der Waals surface area contributed by atoms with Crippen molar-refractivity contribution in [3.8, 4) is 5.75 Å². The number of fused-ring (bicyclic) bond motifs is 1. The van der Waals surface area contributed by atoms with Crippen LogP contribution in [0.25, 0.3) is 0 Å². The zero-order valence-electron chi connectivity index (χ0n) is 12.3. The maximum Gasteiger partial charge on any atom is 0.246 e. The minimum absolute atomic E-state index is 0.0261. The van der Waals surface area contributed by atoms with E-state index in [1.54, 1.807) is 7.05 Å². The number of ether oxygens (including phenoxy) is 1. The fraction of sp³-hybridized carbons (Fsp3) is 0.533. The SMILES string of the molecule is CNC1C(=O)Nc2cc(OC(C)CC(C)C)c(Br)cc21. The van der Waals surface area contributed by atoms with Crippen molar-refractivity contribution in [2.75, 3.05) is 12.4 Å². The number of halogens is 1. The van der Waals surface area contributed by atoms with E-state index in [9.17, 15) is 4.79 Å². The van der Waals surface area contributed by atoms with Gasteiger partial charge in [0.05, 0.1) is 10.6 Å². The minimum atomic E-state index is -0.288. The summed E-state index contributed by atoms with van der Waals surface area (Å²) in [5.41, 5.74) is 1.78. The molecule has 1 heterocycles. The van der Waals surface area contributed by atoms with Crippen LogP contribution >= 0.6 is 15.9 Å². The smallest absolute Gasteiger partial charge is 0.246 e. The third kappa shape index (κ3) is 3.15. The van der Waals surface area contributed by atoms with E-state index >= 15 is 0 Å². The van der Waals surface area contributed by atoms with Gasteiger partial charge in [0.2, 0.25) is 5.91 Å². The lowest BCUT2D eigenvalue weighted by Crippen LogP contribution is -2.23. The Hall–Kier alpha value is -1.07. The van der Waals surface area contributed by atoms with E-state index in [1.807, 2.05) is 12.1 Å². The minimum Gasteiger partial charge on any atom is -0.489 e. The van der Waals surface area contributed by atoms with Crippen LogP contribution < -0.4 is 15.4 Å². The molecular formula is C15H21BrN2O2. The molecule has 1 aromatic carbocycles. The topological polar surface area (TPSA) is 50.4 Å². The van der Waals surface area contributed by atoms with Gasteiger partial charge in [-0.05, 0) is 48.3 Å². The molecule has 0 bridgehead atoms. The first-order chi connectivity index (χ1) is 9.42. The Kier molecular flexibility index (Phi) is 4.70. The van der Waals surface area contributed by atoms with Crippen LogP contribution in [0.3, 0.4) is 0 Å². The maximum absolute atomic E-state index is 11.8. The Balaban J connectivity index is 2.22. The normalized spacial score (nSPS) is 18.9. The van der Waals surface area contributed by atoms with E-state index in [2.05, 4.69) is 47.3 Å². The molecule has 20 heavy (non-hydrogen) atoms. The molecule has 0 aliphatic carbocycles. The Morgan fingerprint density at radius 3 is 2.70 bits per heavy atom. The van der Waals surface area contributed by atoms with Crippen molar-refractivity contribution in [1.29, 1.82) is 0 Å². The number of hydrogen-bond donors (Lipinski definition) is 2. The average molecular weight is 341 g/mol. The molecular weight excluding hydrogens is 320 g/mol. The first-order valence-corrected chi connectivity index (χ1v) is 7.70. The molecule has 2 rings (SSSR count). The molecule has 1 aromatic rings. The lowest BCUT2D eigenvalue weighted by Gasteiger charge is -2.18. The second kappa shape index (κ2) is 6.14. The van der Waals surface area contributed by atoms with Crippen LogP contribution in [0.15, 0.2) is 16.6 Å². The van der Waals surface area contributed by atoms with Gasteiger partial charge in [-0.15, -0.1) is 0 Å². The third-order valence-electron chi connectivity index (χ3n) is 3.36. The van der Waals surface area contributed by atoms with Gasteiger partial charge in [-0.3, -0.25) is 4.79 Å². The van der Waals surface area contributed by atoms with Gasteiger partial charge in [-0.1, -0.05) is 13.8 Å². The summed E-state index contributed by atoms with van der Waals surface area (Å²) in [6.07, 6.45) is 1.14. The van der Waals surface area contributed by atoms with Gasteiger partial charge in [-0.25, -0.2) is 0 Å². The number of rotatable bonds is 5. The van der Waals surface area contributed by atoms with E-state index in [1.165, 1.54) is 0 Å². The number of anilines is 1. The van der Waals surface area contributed by atoms with Crippen LogP contribution in [0, 0.1) is 5.92 Å². The zero-order valence-corrected chi connectivity index (χ0v) is 13.9. The number of nitrogens with one attached hydrogen (secondary N) is 2. The fourth-order valence-electron chi connectivity index (χ4n) is 2.57. The molecule has 2 N–H and O–H groups in total. The third-order valence-corrected chi connectivity index (χ3v) is 3.97. The van der Waals surface area contributed by atoms with Crippen LogP contribution in [-0.2, 0) is 4.79 Å². The summed E-state index contributed by atoms with van der Waals surface area (Å²) >= 11 is 3.53. The second-order valence-corrected chi connectivity index (χ2v) is 6.49. The predicted octanol–water partition coefficient (Wildman–Crippen LogP) is 3.48. The van der Waals surface area contributed by atoms with Gasteiger partial charge in [0, 0.05) is 17.3 Å². The van der Waals surface area contributed by atoms with Crippen molar-refractivity contribution in [1.82, 2.24) is 5.32 Å². The van der Waals surface area contributed by atoms with E-state index < -0.39 is 0 Å². The Labute approximate surface area is 128 Å². The molecule has 2 unspecified atom stereocenters. The Morgan fingerprint density at radius 1 is 1.40 bits per heavy atom. The van der Waals surface area contributed by atoms with E-state index in [0.717, 1.165) is 27.9 Å². The number of benzene rings is 1. The van der Waals surface area contributed by atoms with Crippen molar-refractivity contribution >= 4 is 27.5 Å². The van der Waals surface area contributed by atoms with Crippen molar-refractivity contribution in [2.24, 2.45) is 5.92 Å². The fourth-order valence-corrected chi connectivity index (χ4v) is 3.02. The molecule has 4 nitrogen and oxygen atoms in total. The summed E-state index contributed by atoms with van der Waals surface area (Å²) in [5.74, 6) is 1.34. The summed E-state index contributed by atoms with van der Waals surface area (Å²) in [7, 11) is 1.78. The summed E-state index contributed by atoms with van der Waals surface area (Å²) in [6.45, 7) is 6.42. The number of amides is 1. The molecule has 2 atom stereocenters. The molecule has 0 radical (unpaired) electrons. The number of carbonyl (C=O) groups excluding carboxylic acids is 1. The van der Waals surface area contributed by atoms with Crippen molar-refractivity contribution in [3.05, 3.63) is 22.2 Å². The lowest BCUT2D eigenvalue weighted by molar-refractivity contribution is -0.117. The Morgan fingerprint density at radius 2 is 2.10 bits per heavy atom. The van der Waals surface area contributed by atoms with E-state index in [0.29, 0.717) is 5.92 Å². The summed E-state index contributed by atoms with van der Waals surface area (Å²) < 4.78 is 6.85. The van der Waals surface area contributed by atoms with Crippen molar-refractivity contribution in [3.63, 3.8) is 0 Å². The molecule has 0 spiro atoms. The predicted molar refractivity (Wildman–Crippen MR) is 84.1 cm³/mol. The van der Waals surface area contributed by atoms with E-state index in [4.69, 9.17) is 4.74 Å².